The molecule has 0 saturated carbocycles. The van der Waals surface area contributed by atoms with Crippen LogP contribution in [0.1, 0.15) is 31.2 Å². The molecule has 4 heterocycles. The van der Waals surface area contributed by atoms with Crippen molar-refractivity contribution in [1.82, 2.24) is 29.6 Å². The second kappa shape index (κ2) is 9.73. The number of aliphatic hydroxyl groups is 2. The molecule has 1 saturated heterocycles. The zero-order valence-corrected chi connectivity index (χ0v) is 20.9. The van der Waals surface area contributed by atoms with E-state index in [0.717, 1.165) is 11.6 Å². The number of nitrogens with zero attached hydrogens (tertiary/aromatic N) is 7. The third-order valence-corrected chi connectivity index (χ3v) is 6.56. The minimum atomic E-state index is -1.36. The molecular formula is C26H29F2N7O2. The van der Waals surface area contributed by atoms with Crippen LogP contribution in [-0.2, 0) is 13.6 Å². The van der Waals surface area contributed by atoms with Crippen LogP contribution in [0.25, 0.3) is 22.3 Å². The topological polar surface area (TPSA) is 103 Å². The first-order chi connectivity index (χ1) is 17.6. The fraction of sp³-hybridized carbons (Fsp3) is 0.385. The molecule has 2 N–H and O–H groups in total. The summed E-state index contributed by atoms with van der Waals surface area (Å²) in [6, 6.07) is 5.32. The Hall–Kier alpha value is -3.54. The summed E-state index contributed by atoms with van der Waals surface area (Å²) in [4.78, 5) is 18.3. The van der Waals surface area contributed by atoms with Gasteiger partial charge >= 0.3 is 0 Å². The van der Waals surface area contributed by atoms with Gasteiger partial charge in [-0.3, -0.25) is 14.6 Å². The standard InChI is InChI=1S/C26H29F2N7O2/c1-26(2,37)24(36)21-11-20-22(13-29-21)32-25(23(31-20)17-12-30-33(3)14-17)35-8-6-34(7-9-35)15-16-4-5-18(27)10-19(16)28/h4-5,10-14,24,36-37H,6-9,15H2,1-3H3. The first-order valence-corrected chi connectivity index (χ1v) is 12.1. The Bertz CT molecular complexity index is 1430. The van der Waals surface area contributed by atoms with Crippen molar-refractivity contribution in [2.75, 3.05) is 31.1 Å². The Morgan fingerprint density at radius 1 is 1.03 bits per heavy atom. The lowest BCUT2D eigenvalue weighted by molar-refractivity contribution is -0.0516. The highest BCUT2D eigenvalue weighted by atomic mass is 19.1. The number of benzene rings is 1. The average molecular weight is 510 g/mol. The molecule has 11 heteroatoms. The number of aryl methyl sites for hydroxylation is 1. The molecule has 0 radical (unpaired) electrons. The molecule has 1 fully saturated rings. The van der Waals surface area contributed by atoms with Gasteiger partial charge in [0.2, 0.25) is 0 Å². The first kappa shape index (κ1) is 25.1. The van der Waals surface area contributed by atoms with Crippen molar-refractivity contribution in [2.24, 2.45) is 7.05 Å². The van der Waals surface area contributed by atoms with Gasteiger partial charge in [-0.25, -0.2) is 18.7 Å². The number of aliphatic hydroxyl groups excluding tert-OH is 1. The average Bonchev–Trinajstić information content (AvgIpc) is 3.30. The van der Waals surface area contributed by atoms with Crippen LogP contribution in [-0.4, -0.2) is 71.6 Å². The molecule has 1 aromatic carbocycles. The maximum Gasteiger partial charge on any atom is 0.156 e. The fourth-order valence-electron chi connectivity index (χ4n) is 4.44. The van der Waals surface area contributed by atoms with Gasteiger partial charge in [-0.1, -0.05) is 6.07 Å². The van der Waals surface area contributed by atoms with Crippen LogP contribution in [0.3, 0.4) is 0 Å². The molecule has 9 nitrogen and oxygen atoms in total. The summed E-state index contributed by atoms with van der Waals surface area (Å²) in [6.45, 7) is 6.04. The van der Waals surface area contributed by atoms with Gasteiger partial charge in [0.1, 0.15) is 28.9 Å². The number of pyridine rings is 1. The highest BCUT2D eigenvalue weighted by Crippen LogP contribution is 2.32. The van der Waals surface area contributed by atoms with E-state index in [1.807, 2.05) is 13.2 Å². The second-order valence-corrected chi connectivity index (χ2v) is 9.95. The van der Waals surface area contributed by atoms with E-state index in [1.165, 1.54) is 26.0 Å². The Labute approximate surface area is 213 Å². The number of hydrogen-bond acceptors (Lipinski definition) is 8. The molecule has 1 unspecified atom stereocenters. The number of hydrogen-bond donors (Lipinski definition) is 2. The van der Waals surface area contributed by atoms with Gasteiger partial charge in [0.05, 0.1) is 29.2 Å². The SMILES string of the molecule is Cn1cc(-c2nc3cc(C(O)C(C)(C)O)ncc3nc2N2CCN(Cc3ccc(F)cc3F)CC2)cn1. The van der Waals surface area contributed by atoms with Crippen LogP contribution in [0.15, 0.2) is 42.9 Å². The van der Waals surface area contributed by atoms with Gasteiger partial charge < -0.3 is 15.1 Å². The second-order valence-electron chi connectivity index (χ2n) is 9.95. The van der Waals surface area contributed by atoms with E-state index in [2.05, 4.69) is 19.9 Å². The molecular weight excluding hydrogens is 480 g/mol. The Morgan fingerprint density at radius 2 is 1.78 bits per heavy atom. The number of piperazine rings is 1. The van der Waals surface area contributed by atoms with Crippen LogP contribution in [0.5, 0.6) is 0 Å². The largest absolute Gasteiger partial charge is 0.387 e. The molecule has 37 heavy (non-hydrogen) atoms. The highest BCUT2D eigenvalue weighted by molar-refractivity contribution is 5.83. The van der Waals surface area contributed by atoms with Crippen molar-refractivity contribution in [3.8, 4) is 11.3 Å². The fourth-order valence-corrected chi connectivity index (χ4v) is 4.44. The van der Waals surface area contributed by atoms with Crippen molar-refractivity contribution in [1.29, 1.82) is 0 Å². The maximum atomic E-state index is 14.1. The normalized spacial score (nSPS) is 15.9. The summed E-state index contributed by atoms with van der Waals surface area (Å²) in [5, 5.41) is 25.0. The summed E-state index contributed by atoms with van der Waals surface area (Å²) in [6.07, 6.45) is 3.96. The van der Waals surface area contributed by atoms with E-state index < -0.39 is 23.3 Å². The molecule has 0 amide bonds. The Balaban J connectivity index is 1.44. The van der Waals surface area contributed by atoms with Crippen molar-refractivity contribution in [3.05, 3.63) is 65.7 Å². The molecule has 1 atom stereocenters. The van der Waals surface area contributed by atoms with Crippen molar-refractivity contribution in [2.45, 2.75) is 32.1 Å². The van der Waals surface area contributed by atoms with E-state index in [-0.39, 0.29) is 0 Å². The number of rotatable bonds is 6. The van der Waals surface area contributed by atoms with Gasteiger partial charge in [-0.05, 0) is 26.0 Å². The monoisotopic (exact) mass is 509 g/mol. The number of halogens is 2. The van der Waals surface area contributed by atoms with Crippen LogP contribution in [0.4, 0.5) is 14.6 Å². The molecule has 0 spiro atoms. The predicted molar refractivity (Wildman–Crippen MR) is 135 cm³/mol. The van der Waals surface area contributed by atoms with E-state index >= 15 is 0 Å². The highest BCUT2D eigenvalue weighted by Gasteiger charge is 2.28. The molecule has 1 aliphatic rings. The molecule has 0 bridgehead atoms. The van der Waals surface area contributed by atoms with E-state index in [4.69, 9.17) is 9.97 Å². The third kappa shape index (κ3) is 5.29. The summed E-state index contributed by atoms with van der Waals surface area (Å²) in [7, 11) is 1.83. The first-order valence-electron chi connectivity index (χ1n) is 12.1. The van der Waals surface area contributed by atoms with Crippen LogP contribution < -0.4 is 4.90 Å². The summed E-state index contributed by atoms with van der Waals surface area (Å²) >= 11 is 0. The van der Waals surface area contributed by atoms with Gasteiger partial charge in [-0.15, -0.1) is 0 Å². The summed E-state index contributed by atoms with van der Waals surface area (Å²) < 4.78 is 29.1. The van der Waals surface area contributed by atoms with Gasteiger partial charge in [0.25, 0.3) is 0 Å². The van der Waals surface area contributed by atoms with E-state index in [1.54, 1.807) is 23.1 Å². The number of anilines is 1. The van der Waals surface area contributed by atoms with Crippen LogP contribution >= 0.6 is 0 Å². The quantitative estimate of drug-likeness (QED) is 0.409. The van der Waals surface area contributed by atoms with Crippen LogP contribution in [0.2, 0.25) is 0 Å². The maximum absolute atomic E-state index is 14.1. The lowest BCUT2D eigenvalue weighted by Crippen LogP contribution is -2.46. The van der Waals surface area contributed by atoms with Gasteiger partial charge in [0, 0.05) is 63.2 Å². The van der Waals surface area contributed by atoms with Gasteiger partial charge in [-0.2, -0.15) is 5.10 Å². The smallest absolute Gasteiger partial charge is 0.156 e. The van der Waals surface area contributed by atoms with Gasteiger partial charge in [0.15, 0.2) is 5.82 Å². The zero-order chi connectivity index (χ0) is 26.3. The Morgan fingerprint density at radius 3 is 2.43 bits per heavy atom. The van der Waals surface area contributed by atoms with Crippen LogP contribution in [0, 0.1) is 11.6 Å². The Kier molecular flexibility index (Phi) is 6.61. The van der Waals surface area contributed by atoms with Crippen molar-refractivity contribution >= 4 is 16.9 Å². The minimum Gasteiger partial charge on any atom is -0.387 e. The lowest BCUT2D eigenvalue weighted by atomic mass is 9.98. The number of aromatic nitrogens is 5. The summed E-state index contributed by atoms with van der Waals surface area (Å²) in [5.74, 6) is -0.436. The molecule has 5 rings (SSSR count). The molecule has 194 valence electrons. The molecule has 0 aliphatic carbocycles. The minimum absolute atomic E-state index is 0.306. The lowest BCUT2D eigenvalue weighted by Gasteiger charge is -2.36. The zero-order valence-electron chi connectivity index (χ0n) is 20.9. The third-order valence-electron chi connectivity index (χ3n) is 6.56. The molecule has 1 aliphatic heterocycles. The van der Waals surface area contributed by atoms with E-state index in [0.29, 0.717) is 66.5 Å². The molecule has 4 aromatic rings. The van der Waals surface area contributed by atoms with E-state index in [9.17, 15) is 19.0 Å². The summed E-state index contributed by atoms with van der Waals surface area (Å²) in [5.41, 5.74) is 1.95. The van der Waals surface area contributed by atoms with Crippen molar-refractivity contribution in [3.63, 3.8) is 0 Å². The van der Waals surface area contributed by atoms with Crippen molar-refractivity contribution < 1.29 is 19.0 Å². The number of fused-ring (bicyclic) bond motifs is 1. The molecule has 3 aromatic heterocycles. The predicted octanol–water partition coefficient (Wildman–Crippen LogP) is 2.83.